The van der Waals surface area contributed by atoms with E-state index in [0.717, 1.165) is 55.6 Å². The summed E-state index contributed by atoms with van der Waals surface area (Å²) < 4.78 is 12.8. The molecule has 2 aliphatic heterocycles. The number of aromatic nitrogens is 4. The topological polar surface area (TPSA) is 68.5 Å². The second-order valence-electron chi connectivity index (χ2n) is 7.54. The SMILES string of the molecule is CCN1CCN([C@H](c2nnnn2Cc2ccc3c(c2)OCO3)C(C)C)CC1. The molecule has 0 bridgehead atoms. The van der Waals surface area contributed by atoms with E-state index < -0.39 is 0 Å². The highest BCUT2D eigenvalue weighted by Gasteiger charge is 2.31. The van der Waals surface area contributed by atoms with Crippen molar-refractivity contribution >= 4 is 0 Å². The van der Waals surface area contributed by atoms with Gasteiger partial charge in [-0.25, -0.2) is 4.68 Å². The first-order valence-electron chi connectivity index (χ1n) is 9.76. The van der Waals surface area contributed by atoms with E-state index >= 15 is 0 Å². The lowest BCUT2D eigenvalue weighted by Gasteiger charge is -2.39. The molecule has 1 aromatic heterocycles. The van der Waals surface area contributed by atoms with Crippen LogP contribution in [0.2, 0.25) is 0 Å². The number of tetrazole rings is 1. The summed E-state index contributed by atoms with van der Waals surface area (Å²) in [6.45, 7) is 13.0. The van der Waals surface area contributed by atoms with Crippen molar-refractivity contribution in [2.24, 2.45) is 5.92 Å². The van der Waals surface area contributed by atoms with E-state index in [-0.39, 0.29) is 12.8 Å². The number of hydrogen-bond donors (Lipinski definition) is 0. The molecule has 2 aromatic rings. The van der Waals surface area contributed by atoms with Crippen molar-refractivity contribution in [2.45, 2.75) is 33.4 Å². The Balaban J connectivity index is 1.54. The minimum atomic E-state index is 0.216. The van der Waals surface area contributed by atoms with Gasteiger partial charge < -0.3 is 14.4 Å². The summed E-state index contributed by atoms with van der Waals surface area (Å²) in [6, 6.07) is 6.22. The predicted molar refractivity (Wildman–Crippen MR) is 101 cm³/mol. The van der Waals surface area contributed by atoms with Crippen LogP contribution in [0.5, 0.6) is 11.5 Å². The number of benzene rings is 1. The van der Waals surface area contributed by atoms with E-state index in [9.17, 15) is 0 Å². The van der Waals surface area contributed by atoms with Gasteiger partial charge in [-0.2, -0.15) is 0 Å². The van der Waals surface area contributed by atoms with Crippen LogP contribution in [0.4, 0.5) is 0 Å². The van der Waals surface area contributed by atoms with E-state index in [4.69, 9.17) is 9.47 Å². The van der Waals surface area contributed by atoms with Gasteiger partial charge in [0.25, 0.3) is 0 Å². The first-order valence-corrected chi connectivity index (χ1v) is 9.76. The van der Waals surface area contributed by atoms with Crippen LogP contribution in [0.25, 0.3) is 0 Å². The molecule has 0 saturated carbocycles. The third kappa shape index (κ3) is 3.77. The minimum Gasteiger partial charge on any atom is -0.454 e. The van der Waals surface area contributed by atoms with Gasteiger partial charge in [-0.1, -0.05) is 26.8 Å². The number of rotatable bonds is 6. The number of ether oxygens (including phenoxy) is 2. The average molecular weight is 372 g/mol. The first kappa shape index (κ1) is 18.2. The summed E-state index contributed by atoms with van der Waals surface area (Å²) in [5, 5.41) is 12.7. The number of fused-ring (bicyclic) bond motifs is 1. The smallest absolute Gasteiger partial charge is 0.231 e. The van der Waals surface area contributed by atoms with Gasteiger partial charge >= 0.3 is 0 Å². The van der Waals surface area contributed by atoms with Crippen molar-refractivity contribution < 1.29 is 9.47 Å². The molecule has 4 rings (SSSR count). The zero-order chi connectivity index (χ0) is 18.8. The van der Waals surface area contributed by atoms with E-state index in [1.807, 2.05) is 22.9 Å². The molecule has 2 aliphatic rings. The minimum absolute atomic E-state index is 0.216. The molecule has 0 radical (unpaired) electrons. The van der Waals surface area contributed by atoms with E-state index in [2.05, 4.69) is 46.1 Å². The molecule has 146 valence electrons. The molecule has 0 spiro atoms. The molecule has 1 saturated heterocycles. The van der Waals surface area contributed by atoms with Crippen LogP contribution in [0, 0.1) is 5.92 Å². The van der Waals surface area contributed by atoms with Gasteiger partial charge in [-0.15, -0.1) is 5.10 Å². The Morgan fingerprint density at radius 3 is 2.59 bits per heavy atom. The van der Waals surface area contributed by atoms with Crippen molar-refractivity contribution in [3.8, 4) is 11.5 Å². The monoisotopic (exact) mass is 372 g/mol. The summed E-state index contributed by atoms with van der Waals surface area (Å²) in [7, 11) is 0. The third-order valence-corrected chi connectivity index (χ3v) is 5.47. The molecule has 8 heteroatoms. The highest BCUT2D eigenvalue weighted by Crippen LogP contribution is 2.33. The Labute approximate surface area is 160 Å². The standard InChI is InChI=1S/C19H28N6O2/c1-4-23-7-9-24(10-8-23)18(14(2)3)19-20-21-22-25(19)12-15-5-6-16-17(11-15)27-13-26-16/h5-6,11,14,18H,4,7-10,12-13H2,1-3H3/t18-/m0/s1. The van der Waals surface area contributed by atoms with Gasteiger partial charge in [-0.3, -0.25) is 4.90 Å². The second-order valence-corrected chi connectivity index (χ2v) is 7.54. The lowest BCUT2D eigenvalue weighted by atomic mass is 10.0. The zero-order valence-corrected chi connectivity index (χ0v) is 16.3. The molecule has 0 N–H and O–H groups in total. The molecule has 8 nitrogen and oxygen atoms in total. The maximum absolute atomic E-state index is 5.49. The summed E-state index contributed by atoms with van der Waals surface area (Å²) in [6.07, 6.45) is 0. The fourth-order valence-corrected chi connectivity index (χ4v) is 3.99. The van der Waals surface area contributed by atoms with Crippen molar-refractivity contribution in [1.29, 1.82) is 0 Å². The fraction of sp³-hybridized carbons (Fsp3) is 0.632. The highest BCUT2D eigenvalue weighted by molar-refractivity contribution is 5.44. The lowest BCUT2D eigenvalue weighted by Crippen LogP contribution is -2.48. The van der Waals surface area contributed by atoms with Crippen LogP contribution in [-0.4, -0.2) is 69.5 Å². The first-order chi connectivity index (χ1) is 13.2. The largest absolute Gasteiger partial charge is 0.454 e. The van der Waals surface area contributed by atoms with Gasteiger partial charge in [-0.05, 0) is 40.6 Å². The van der Waals surface area contributed by atoms with Crippen molar-refractivity contribution in [3.63, 3.8) is 0 Å². The van der Waals surface area contributed by atoms with E-state index in [1.54, 1.807) is 0 Å². The maximum Gasteiger partial charge on any atom is 0.231 e. The Hall–Kier alpha value is -2.19. The van der Waals surface area contributed by atoms with Crippen LogP contribution in [0.3, 0.4) is 0 Å². The Bertz CT molecular complexity index is 769. The highest BCUT2D eigenvalue weighted by atomic mass is 16.7. The third-order valence-electron chi connectivity index (χ3n) is 5.47. The number of piperazine rings is 1. The van der Waals surface area contributed by atoms with Crippen LogP contribution in [0.1, 0.15) is 38.2 Å². The molecule has 3 heterocycles. The number of nitrogens with zero attached hydrogens (tertiary/aromatic N) is 6. The Kier molecular flexibility index (Phi) is 5.27. The van der Waals surface area contributed by atoms with Gasteiger partial charge in [0.15, 0.2) is 17.3 Å². The predicted octanol–water partition coefficient (Wildman–Crippen LogP) is 1.78. The summed E-state index contributed by atoms with van der Waals surface area (Å²) in [5.41, 5.74) is 1.10. The second kappa shape index (κ2) is 7.82. The van der Waals surface area contributed by atoms with Gasteiger partial charge in [0.05, 0.1) is 12.6 Å². The van der Waals surface area contributed by atoms with Crippen LogP contribution < -0.4 is 9.47 Å². The number of hydrogen-bond acceptors (Lipinski definition) is 7. The van der Waals surface area contributed by atoms with Gasteiger partial charge in [0.2, 0.25) is 6.79 Å². The average Bonchev–Trinajstić information content (AvgIpc) is 3.32. The van der Waals surface area contributed by atoms with Crippen molar-refractivity contribution in [3.05, 3.63) is 29.6 Å². The molecule has 1 aromatic carbocycles. The van der Waals surface area contributed by atoms with Crippen LogP contribution >= 0.6 is 0 Å². The summed E-state index contributed by atoms with van der Waals surface area (Å²) in [4.78, 5) is 5.02. The normalized spacial score (nSPS) is 19.0. The molecule has 1 fully saturated rings. The zero-order valence-electron chi connectivity index (χ0n) is 16.3. The van der Waals surface area contributed by atoms with E-state index in [0.29, 0.717) is 12.5 Å². The molecule has 0 aliphatic carbocycles. The lowest BCUT2D eigenvalue weighted by molar-refractivity contribution is 0.0722. The molecule has 0 unspecified atom stereocenters. The Morgan fingerprint density at radius 2 is 1.85 bits per heavy atom. The van der Waals surface area contributed by atoms with Crippen molar-refractivity contribution in [2.75, 3.05) is 39.5 Å². The van der Waals surface area contributed by atoms with Gasteiger partial charge in [0.1, 0.15) is 0 Å². The summed E-state index contributed by atoms with van der Waals surface area (Å²) >= 11 is 0. The number of likely N-dealkylation sites (N-methyl/N-ethyl adjacent to an activating group) is 1. The van der Waals surface area contributed by atoms with Gasteiger partial charge in [0, 0.05) is 26.2 Å². The molecular weight excluding hydrogens is 344 g/mol. The van der Waals surface area contributed by atoms with Crippen LogP contribution in [0.15, 0.2) is 18.2 Å². The Morgan fingerprint density at radius 1 is 1.07 bits per heavy atom. The molecule has 0 amide bonds. The van der Waals surface area contributed by atoms with E-state index in [1.165, 1.54) is 0 Å². The van der Waals surface area contributed by atoms with Crippen molar-refractivity contribution in [1.82, 2.24) is 30.0 Å². The van der Waals surface area contributed by atoms with Crippen LogP contribution in [-0.2, 0) is 6.54 Å². The molecule has 27 heavy (non-hydrogen) atoms. The molecular formula is C19H28N6O2. The summed E-state index contributed by atoms with van der Waals surface area (Å²) in [5.74, 6) is 2.95. The molecule has 1 atom stereocenters. The fourth-order valence-electron chi connectivity index (χ4n) is 3.99. The quantitative estimate of drug-likeness (QED) is 0.766. The maximum atomic E-state index is 5.49.